The second-order valence-electron chi connectivity index (χ2n) is 8.39. The molecule has 0 radical (unpaired) electrons. The third kappa shape index (κ3) is 5.07. The van der Waals surface area contributed by atoms with E-state index in [9.17, 15) is 4.79 Å². The van der Waals surface area contributed by atoms with Crippen LogP contribution in [0.15, 0.2) is 82.7 Å². The number of aromatic nitrogens is 3. The van der Waals surface area contributed by atoms with Crippen molar-refractivity contribution in [3.8, 4) is 16.5 Å². The molecule has 0 bridgehead atoms. The number of hydrogen-bond acceptors (Lipinski definition) is 8. The molecule has 4 aromatic heterocycles. The normalized spacial score (nSPS) is 14.9. The molecule has 0 saturated heterocycles. The molecular formula is C26H20ClN5O4S. The van der Waals surface area contributed by atoms with Crippen LogP contribution in [0.5, 0.6) is 5.88 Å². The highest BCUT2D eigenvalue weighted by Gasteiger charge is 2.23. The molecule has 9 nitrogen and oxygen atoms in total. The van der Waals surface area contributed by atoms with E-state index < -0.39 is 6.09 Å². The first-order valence-electron chi connectivity index (χ1n) is 11.5. The SMILES string of the molecule is O=C(NCC1CC(c2ccncc2)=NO1)Oc1cc2ccccc2n1Cc1cc(-c2ccc(Cl)s2)on1. The Kier molecular flexibility index (Phi) is 6.33. The van der Waals surface area contributed by atoms with Crippen LogP contribution in [0.25, 0.3) is 21.5 Å². The van der Waals surface area contributed by atoms with Crippen molar-refractivity contribution < 1.29 is 18.9 Å². The molecule has 0 aliphatic carbocycles. The van der Waals surface area contributed by atoms with Crippen molar-refractivity contribution >= 4 is 45.6 Å². The fourth-order valence-corrected chi connectivity index (χ4v) is 5.12. The van der Waals surface area contributed by atoms with Gasteiger partial charge in [-0.15, -0.1) is 11.3 Å². The van der Waals surface area contributed by atoms with Gasteiger partial charge in [-0.3, -0.25) is 4.98 Å². The van der Waals surface area contributed by atoms with Crippen LogP contribution in [0.4, 0.5) is 4.79 Å². The lowest BCUT2D eigenvalue weighted by Crippen LogP contribution is -2.34. The Morgan fingerprint density at radius 1 is 1.16 bits per heavy atom. The van der Waals surface area contributed by atoms with E-state index in [2.05, 4.69) is 20.6 Å². The molecule has 6 rings (SSSR count). The van der Waals surface area contributed by atoms with Gasteiger partial charge < -0.3 is 24.0 Å². The van der Waals surface area contributed by atoms with Crippen LogP contribution in [0, 0.1) is 0 Å². The number of nitrogens with one attached hydrogen (secondary N) is 1. The van der Waals surface area contributed by atoms with Crippen LogP contribution in [0.1, 0.15) is 17.7 Å². The van der Waals surface area contributed by atoms with Gasteiger partial charge in [0.05, 0.1) is 33.5 Å². The number of halogens is 1. The highest BCUT2D eigenvalue weighted by atomic mass is 35.5. The molecule has 186 valence electrons. The summed E-state index contributed by atoms with van der Waals surface area (Å²) in [5.41, 5.74) is 3.36. The predicted octanol–water partition coefficient (Wildman–Crippen LogP) is 5.74. The van der Waals surface area contributed by atoms with Gasteiger partial charge >= 0.3 is 6.09 Å². The lowest BCUT2D eigenvalue weighted by Gasteiger charge is -2.12. The van der Waals surface area contributed by atoms with Gasteiger partial charge in [-0.05, 0) is 30.3 Å². The number of carbonyl (C=O) groups excluding carboxylic acids is 1. The van der Waals surface area contributed by atoms with Gasteiger partial charge in [0.1, 0.15) is 5.69 Å². The largest absolute Gasteiger partial charge is 0.414 e. The van der Waals surface area contributed by atoms with Gasteiger partial charge in [0.25, 0.3) is 0 Å². The fraction of sp³-hybridized carbons (Fsp3) is 0.154. The summed E-state index contributed by atoms with van der Waals surface area (Å²) in [6.45, 7) is 0.612. The Morgan fingerprint density at radius 2 is 2.03 bits per heavy atom. The number of oxime groups is 1. The molecule has 1 N–H and O–H groups in total. The number of rotatable bonds is 7. The number of para-hydroxylation sites is 1. The van der Waals surface area contributed by atoms with E-state index >= 15 is 0 Å². The first-order chi connectivity index (χ1) is 18.1. The third-order valence-corrected chi connectivity index (χ3v) is 7.13. The number of benzene rings is 1. The Morgan fingerprint density at radius 3 is 2.86 bits per heavy atom. The second-order valence-corrected chi connectivity index (χ2v) is 10.1. The molecule has 1 unspecified atom stereocenters. The fourth-order valence-electron chi connectivity index (χ4n) is 4.12. The Bertz CT molecular complexity index is 1590. The summed E-state index contributed by atoms with van der Waals surface area (Å²) in [5.74, 6) is 1.02. The summed E-state index contributed by atoms with van der Waals surface area (Å²) >= 11 is 7.47. The average molecular weight is 534 g/mol. The Labute approximate surface area is 220 Å². The molecule has 1 amide bonds. The highest BCUT2D eigenvalue weighted by Crippen LogP contribution is 2.32. The van der Waals surface area contributed by atoms with Crippen molar-refractivity contribution in [3.63, 3.8) is 0 Å². The average Bonchev–Trinajstić information content (AvgIpc) is 3.71. The van der Waals surface area contributed by atoms with Crippen molar-refractivity contribution in [1.29, 1.82) is 0 Å². The Hall–Kier alpha value is -4.15. The van der Waals surface area contributed by atoms with Gasteiger partial charge in [-0.2, -0.15) is 0 Å². The molecule has 1 aliphatic heterocycles. The summed E-state index contributed by atoms with van der Waals surface area (Å²) < 4.78 is 13.8. The van der Waals surface area contributed by atoms with Gasteiger partial charge in [0.2, 0.25) is 5.88 Å². The molecule has 1 aliphatic rings. The molecule has 5 heterocycles. The lowest BCUT2D eigenvalue weighted by atomic mass is 10.1. The second kappa shape index (κ2) is 10.1. The Balaban J connectivity index is 1.13. The number of carbonyl (C=O) groups is 1. The van der Waals surface area contributed by atoms with Crippen LogP contribution in [0.3, 0.4) is 0 Å². The summed E-state index contributed by atoms with van der Waals surface area (Å²) in [5, 5.41) is 12.1. The van der Waals surface area contributed by atoms with E-state index in [1.807, 2.05) is 65.2 Å². The van der Waals surface area contributed by atoms with Gasteiger partial charge in [0, 0.05) is 41.9 Å². The standard InChI is InChI=1S/C26H20ClN5O4S/c27-24-6-5-23(37-24)22-12-18(30-36-22)15-32-21-4-2-1-3-17(21)11-25(32)34-26(33)29-14-19-13-20(31-35-19)16-7-9-28-10-8-16/h1-12,19H,13-15H2,(H,29,33). The zero-order chi connectivity index (χ0) is 25.2. The number of ether oxygens (including phenoxy) is 1. The van der Waals surface area contributed by atoms with Crippen LogP contribution in [-0.4, -0.2) is 39.2 Å². The van der Waals surface area contributed by atoms with E-state index in [1.54, 1.807) is 12.4 Å². The van der Waals surface area contributed by atoms with E-state index in [1.165, 1.54) is 11.3 Å². The van der Waals surface area contributed by atoms with Crippen molar-refractivity contribution in [1.82, 2.24) is 20.0 Å². The van der Waals surface area contributed by atoms with Crippen LogP contribution < -0.4 is 10.1 Å². The van der Waals surface area contributed by atoms with Gasteiger partial charge in [-0.1, -0.05) is 40.1 Å². The monoisotopic (exact) mass is 533 g/mol. The maximum Gasteiger partial charge on any atom is 0.414 e. The number of amides is 1. The zero-order valence-electron chi connectivity index (χ0n) is 19.3. The number of pyridine rings is 1. The van der Waals surface area contributed by atoms with E-state index in [0.29, 0.717) is 34.6 Å². The minimum absolute atomic E-state index is 0.257. The number of thiophene rings is 1. The van der Waals surface area contributed by atoms with Crippen molar-refractivity contribution in [3.05, 3.63) is 88.7 Å². The van der Waals surface area contributed by atoms with Crippen molar-refractivity contribution in [2.75, 3.05) is 6.54 Å². The molecule has 0 spiro atoms. The molecule has 5 aromatic rings. The molecule has 11 heteroatoms. The van der Waals surface area contributed by atoms with Crippen LogP contribution in [-0.2, 0) is 11.4 Å². The molecule has 1 atom stereocenters. The number of hydrogen-bond donors (Lipinski definition) is 1. The first-order valence-corrected chi connectivity index (χ1v) is 12.7. The summed E-state index contributed by atoms with van der Waals surface area (Å²) in [4.78, 5) is 23.1. The maximum absolute atomic E-state index is 12.7. The molecule has 0 saturated carbocycles. The molecular weight excluding hydrogens is 514 g/mol. The van der Waals surface area contributed by atoms with Crippen LogP contribution in [0.2, 0.25) is 4.34 Å². The number of fused-ring (bicyclic) bond motifs is 1. The minimum atomic E-state index is -0.584. The lowest BCUT2D eigenvalue weighted by molar-refractivity contribution is 0.0844. The van der Waals surface area contributed by atoms with Crippen LogP contribution >= 0.6 is 22.9 Å². The molecule has 37 heavy (non-hydrogen) atoms. The predicted molar refractivity (Wildman–Crippen MR) is 140 cm³/mol. The third-order valence-electron chi connectivity index (χ3n) is 5.89. The van der Waals surface area contributed by atoms with Crippen molar-refractivity contribution in [2.45, 2.75) is 19.1 Å². The smallest absolute Gasteiger partial charge is 0.393 e. The van der Waals surface area contributed by atoms with E-state index in [0.717, 1.165) is 27.1 Å². The van der Waals surface area contributed by atoms with E-state index in [4.69, 9.17) is 25.7 Å². The quantitative estimate of drug-likeness (QED) is 0.286. The highest BCUT2D eigenvalue weighted by molar-refractivity contribution is 7.19. The summed E-state index contributed by atoms with van der Waals surface area (Å²) in [6.07, 6.45) is 3.13. The zero-order valence-corrected chi connectivity index (χ0v) is 20.9. The summed E-state index contributed by atoms with van der Waals surface area (Å²) in [6, 6.07) is 18.9. The van der Waals surface area contributed by atoms with Gasteiger partial charge in [-0.25, -0.2) is 4.79 Å². The van der Waals surface area contributed by atoms with Gasteiger partial charge in [0.15, 0.2) is 11.9 Å². The first kappa shape index (κ1) is 23.3. The van der Waals surface area contributed by atoms with E-state index in [-0.39, 0.29) is 12.6 Å². The van der Waals surface area contributed by atoms with Crippen molar-refractivity contribution in [2.24, 2.45) is 5.16 Å². The topological polar surface area (TPSA) is 104 Å². The maximum atomic E-state index is 12.7. The molecule has 0 fully saturated rings. The summed E-state index contributed by atoms with van der Waals surface area (Å²) in [7, 11) is 0. The molecule has 1 aromatic carbocycles. The minimum Gasteiger partial charge on any atom is -0.393 e. The number of nitrogens with zero attached hydrogens (tertiary/aromatic N) is 4.